The molecule has 0 saturated carbocycles. The third kappa shape index (κ3) is 3.92. The molecule has 0 bridgehead atoms. The minimum atomic E-state index is -0.299. The fraction of sp³-hybridized carbons (Fsp3) is 0.158. The summed E-state index contributed by atoms with van der Waals surface area (Å²) in [7, 11) is 0. The van der Waals surface area contributed by atoms with Gasteiger partial charge in [-0.05, 0) is 36.2 Å². The van der Waals surface area contributed by atoms with Crippen molar-refractivity contribution in [2.75, 3.05) is 6.54 Å². The van der Waals surface area contributed by atoms with E-state index in [1.54, 1.807) is 24.4 Å². The number of aromatic hydroxyl groups is 1. The van der Waals surface area contributed by atoms with Gasteiger partial charge in [0.05, 0.1) is 5.56 Å². The number of carbonyl (C=O) groups excluding carboxylic acids is 1. The highest BCUT2D eigenvalue weighted by atomic mass is 79.9. The fourth-order valence-corrected chi connectivity index (χ4v) is 2.64. The second-order valence-corrected chi connectivity index (χ2v) is 6.08. The van der Waals surface area contributed by atoms with E-state index < -0.39 is 0 Å². The summed E-state index contributed by atoms with van der Waals surface area (Å²) in [5.41, 5.74) is 1.82. The van der Waals surface area contributed by atoms with Crippen molar-refractivity contribution in [3.05, 3.63) is 70.3 Å². The van der Waals surface area contributed by atoms with Crippen LogP contribution in [0, 0.1) is 0 Å². The molecule has 124 valence electrons. The molecular weight excluding hydrogens is 368 g/mol. The van der Waals surface area contributed by atoms with E-state index in [0.29, 0.717) is 12.1 Å². The highest BCUT2D eigenvalue weighted by Gasteiger charge is 2.14. The SMILES string of the molecule is C.O=C(NCCc1ccc(Br)cc1)c1ccc2cccnc2c1O. The van der Waals surface area contributed by atoms with Crippen LogP contribution in [0.25, 0.3) is 10.9 Å². The molecule has 3 rings (SSSR count). The first-order valence-electron chi connectivity index (χ1n) is 7.24. The Kier molecular flexibility index (Phi) is 5.93. The normalized spacial score (nSPS) is 10.2. The number of hydrogen-bond acceptors (Lipinski definition) is 3. The number of nitrogens with one attached hydrogen (secondary N) is 1. The van der Waals surface area contributed by atoms with E-state index in [1.807, 2.05) is 30.3 Å². The predicted molar refractivity (Wildman–Crippen MR) is 100 cm³/mol. The van der Waals surface area contributed by atoms with Crippen LogP contribution in [0.1, 0.15) is 23.3 Å². The summed E-state index contributed by atoms with van der Waals surface area (Å²) in [5, 5.41) is 13.9. The van der Waals surface area contributed by atoms with Crippen molar-refractivity contribution in [3.8, 4) is 5.75 Å². The highest BCUT2D eigenvalue weighted by molar-refractivity contribution is 9.10. The van der Waals surface area contributed by atoms with Crippen molar-refractivity contribution in [1.82, 2.24) is 10.3 Å². The van der Waals surface area contributed by atoms with Crippen molar-refractivity contribution in [3.63, 3.8) is 0 Å². The Balaban J connectivity index is 0.00000208. The number of phenolic OH excluding ortho intramolecular Hbond substituents is 1. The molecule has 0 aliphatic rings. The van der Waals surface area contributed by atoms with E-state index in [0.717, 1.165) is 21.8 Å². The van der Waals surface area contributed by atoms with Crippen molar-refractivity contribution in [2.24, 2.45) is 0 Å². The molecule has 0 unspecified atom stereocenters. The molecule has 0 aliphatic carbocycles. The Labute approximate surface area is 149 Å². The molecule has 2 aromatic carbocycles. The first-order chi connectivity index (χ1) is 11.1. The van der Waals surface area contributed by atoms with Crippen molar-refractivity contribution >= 4 is 32.7 Å². The zero-order chi connectivity index (χ0) is 16.2. The van der Waals surface area contributed by atoms with Gasteiger partial charge in [0.2, 0.25) is 0 Å². The molecule has 0 saturated heterocycles. The number of pyridine rings is 1. The molecule has 0 atom stereocenters. The molecule has 5 heteroatoms. The molecule has 1 aromatic heterocycles. The summed E-state index contributed by atoms with van der Waals surface area (Å²) in [6, 6.07) is 15.0. The standard InChI is InChI=1S/C18H15BrN2O2.CH4/c19-14-6-3-12(4-7-14)9-11-21-18(23)15-8-5-13-2-1-10-20-16(13)17(15)22;/h1-8,10,22H,9,11H2,(H,21,23);1H4. The summed E-state index contributed by atoms with van der Waals surface area (Å²) in [5.74, 6) is -0.378. The van der Waals surface area contributed by atoms with Gasteiger partial charge in [0.1, 0.15) is 5.52 Å². The van der Waals surface area contributed by atoms with Gasteiger partial charge in [-0.1, -0.05) is 47.6 Å². The van der Waals surface area contributed by atoms with Gasteiger partial charge in [-0.2, -0.15) is 0 Å². The van der Waals surface area contributed by atoms with Gasteiger partial charge in [-0.15, -0.1) is 0 Å². The minimum Gasteiger partial charge on any atom is -0.505 e. The summed E-state index contributed by atoms with van der Waals surface area (Å²) in [4.78, 5) is 16.4. The Bertz CT molecular complexity index is 848. The number of halogens is 1. The highest BCUT2D eigenvalue weighted by Crippen LogP contribution is 2.26. The number of nitrogens with zero attached hydrogens (tertiary/aromatic N) is 1. The maximum absolute atomic E-state index is 12.2. The Morgan fingerprint density at radius 2 is 1.88 bits per heavy atom. The number of phenols is 1. The molecule has 24 heavy (non-hydrogen) atoms. The number of amides is 1. The van der Waals surface area contributed by atoms with Gasteiger partial charge in [0.15, 0.2) is 5.75 Å². The van der Waals surface area contributed by atoms with Gasteiger partial charge in [-0.25, -0.2) is 0 Å². The number of rotatable bonds is 4. The molecule has 0 radical (unpaired) electrons. The maximum atomic E-state index is 12.2. The minimum absolute atomic E-state index is 0. The molecule has 3 aromatic rings. The molecule has 0 spiro atoms. The smallest absolute Gasteiger partial charge is 0.255 e. The average Bonchev–Trinajstić information content (AvgIpc) is 2.57. The van der Waals surface area contributed by atoms with Crippen LogP contribution in [0.15, 0.2) is 59.2 Å². The first-order valence-corrected chi connectivity index (χ1v) is 8.04. The van der Waals surface area contributed by atoms with Crippen LogP contribution < -0.4 is 5.32 Å². The lowest BCUT2D eigenvalue weighted by molar-refractivity contribution is 0.0951. The van der Waals surface area contributed by atoms with E-state index in [4.69, 9.17) is 0 Å². The third-order valence-electron chi connectivity index (χ3n) is 3.61. The van der Waals surface area contributed by atoms with Crippen LogP contribution in [-0.2, 0) is 6.42 Å². The number of carbonyl (C=O) groups is 1. The van der Waals surface area contributed by atoms with E-state index in [2.05, 4.69) is 26.2 Å². The van der Waals surface area contributed by atoms with Crippen LogP contribution in [-0.4, -0.2) is 22.5 Å². The average molecular weight is 387 g/mol. The lowest BCUT2D eigenvalue weighted by Gasteiger charge is -2.08. The largest absolute Gasteiger partial charge is 0.505 e. The second-order valence-electron chi connectivity index (χ2n) is 5.17. The summed E-state index contributed by atoms with van der Waals surface area (Å²) < 4.78 is 1.03. The quantitative estimate of drug-likeness (QED) is 0.701. The number of benzene rings is 2. The zero-order valence-electron chi connectivity index (χ0n) is 12.3. The van der Waals surface area contributed by atoms with Gasteiger partial charge >= 0.3 is 0 Å². The van der Waals surface area contributed by atoms with Crippen LogP contribution in [0.2, 0.25) is 0 Å². The van der Waals surface area contributed by atoms with E-state index in [-0.39, 0.29) is 24.6 Å². The summed E-state index contributed by atoms with van der Waals surface area (Å²) in [6.45, 7) is 0.500. The van der Waals surface area contributed by atoms with Crippen molar-refractivity contribution < 1.29 is 9.90 Å². The summed E-state index contributed by atoms with van der Waals surface area (Å²) in [6.07, 6.45) is 2.32. The lowest BCUT2D eigenvalue weighted by Crippen LogP contribution is -2.25. The number of aromatic nitrogens is 1. The van der Waals surface area contributed by atoms with Crippen molar-refractivity contribution in [1.29, 1.82) is 0 Å². The first kappa shape index (κ1) is 17.9. The van der Waals surface area contributed by atoms with Crippen molar-refractivity contribution in [2.45, 2.75) is 13.8 Å². The van der Waals surface area contributed by atoms with Crippen LogP contribution in [0.4, 0.5) is 0 Å². The van der Waals surface area contributed by atoms with Gasteiger partial charge in [0.25, 0.3) is 5.91 Å². The summed E-state index contributed by atoms with van der Waals surface area (Å²) >= 11 is 3.39. The fourth-order valence-electron chi connectivity index (χ4n) is 2.38. The van der Waals surface area contributed by atoms with E-state index in [1.165, 1.54) is 0 Å². The Hall–Kier alpha value is -2.40. The number of fused-ring (bicyclic) bond motifs is 1. The molecule has 1 amide bonds. The molecule has 0 fully saturated rings. The molecule has 4 nitrogen and oxygen atoms in total. The Morgan fingerprint density at radius 1 is 1.12 bits per heavy atom. The Morgan fingerprint density at radius 3 is 2.62 bits per heavy atom. The van der Waals surface area contributed by atoms with Crippen LogP contribution in [0.5, 0.6) is 5.75 Å². The molecule has 0 aliphatic heterocycles. The topological polar surface area (TPSA) is 62.2 Å². The van der Waals surface area contributed by atoms with Crippen LogP contribution in [0.3, 0.4) is 0 Å². The van der Waals surface area contributed by atoms with Gasteiger partial charge < -0.3 is 10.4 Å². The molecular formula is C19H19BrN2O2. The van der Waals surface area contributed by atoms with Gasteiger partial charge in [-0.3, -0.25) is 9.78 Å². The maximum Gasteiger partial charge on any atom is 0.255 e. The van der Waals surface area contributed by atoms with E-state index >= 15 is 0 Å². The predicted octanol–water partition coefficient (Wildman–Crippen LogP) is 4.31. The van der Waals surface area contributed by atoms with E-state index in [9.17, 15) is 9.90 Å². The second kappa shape index (κ2) is 7.93. The molecule has 1 heterocycles. The monoisotopic (exact) mass is 386 g/mol. The zero-order valence-corrected chi connectivity index (χ0v) is 13.9. The van der Waals surface area contributed by atoms with Gasteiger partial charge in [0, 0.05) is 22.6 Å². The third-order valence-corrected chi connectivity index (χ3v) is 4.13. The van der Waals surface area contributed by atoms with Crippen LogP contribution >= 0.6 is 15.9 Å². The molecule has 2 N–H and O–H groups in total. The lowest BCUT2D eigenvalue weighted by atomic mass is 10.1. The number of hydrogen-bond donors (Lipinski definition) is 2.